The number of hydrogen-bond donors (Lipinski definition) is 0. The fourth-order valence-electron chi connectivity index (χ4n) is 4.21. The molecule has 0 spiro atoms. The van der Waals surface area contributed by atoms with Crippen LogP contribution in [0.5, 0.6) is 11.5 Å². The van der Waals surface area contributed by atoms with E-state index in [2.05, 4.69) is 4.98 Å². The zero-order valence-electron chi connectivity index (χ0n) is 19.7. The van der Waals surface area contributed by atoms with E-state index in [1.165, 1.54) is 11.3 Å². The number of aromatic nitrogens is 2. The molecule has 1 aliphatic heterocycles. The van der Waals surface area contributed by atoms with Crippen LogP contribution < -0.4 is 9.47 Å². The summed E-state index contributed by atoms with van der Waals surface area (Å²) in [6.07, 6.45) is 3.76. The Morgan fingerprint density at radius 2 is 1.91 bits per heavy atom. The first-order chi connectivity index (χ1) is 16.9. The molecule has 0 bridgehead atoms. The van der Waals surface area contributed by atoms with E-state index in [0.29, 0.717) is 29.5 Å². The highest BCUT2D eigenvalue weighted by molar-refractivity contribution is 7.21. The van der Waals surface area contributed by atoms with Crippen LogP contribution in [0.15, 0.2) is 48.8 Å². The SMILES string of the molecule is CCN(Cc1ccc2c(c1)OCO2)C(=O)COC(=O)c1sc2nc(C)cc(C)c2c1-n1cccc1. The van der Waals surface area contributed by atoms with Crippen LogP contribution in [0.2, 0.25) is 0 Å². The maximum absolute atomic E-state index is 13.2. The Hall–Kier alpha value is -3.85. The molecular weight excluding hydrogens is 466 g/mol. The van der Waals surface area contributed by atoms with Crippen LogP contribution in [-0.4, -0.2) is 46.3 Å². The normalized spacial score (nSPS) is 12.2. The number of carbonyl (C=O) groups excluding carboxylic acids is 2. The molecule has 35 heavy (non-hydrogen) atoms. The monoisotopic (exact) mass is 491 g/mol. The van der Waals surface area contributed by atoms with Gasteiger partial charge in [0.2, 0.25) is 6.79 Å². The third-order valence-corrected chi connectivity index (χ3v) is 6.93. The molecule has 180 valence electrons. The average molecular weight is 492 g/mol. The van der Waals surface area contributed by atoms with Gasteiger partial charge in [0.1, 0.15) is 9.71 Å². The molecule has 0 atom stereocenters. The van der Waals surface area contributed by atoms with E-state index < -0.39 is 5.97 Å². The first kappa shape index (κ1) is 22.9. The number of esters is 1. The summed E-state index contributed by atoms with van der Waals surface area (Å²) in [6, 6.07) is 11.4. The van der Waals surface area contributed by atoms with Gasteiger partial charge in [-0.1, -0.05) is 6.07 Å². The van der Waals surface area contributed by atoms with Crippen LogP contribution >= 0.6 is 11.3 Å². The predicted molar refractivity (Wildman–Crippen MR) is 132 cm³/mol. The van der Waals surface area contributed by atoms with Crippen molar-refractivity contribution in [3.05, 3.63) is 70.5 Å². The topological polar surface area (TPSA) is 82.9 Å². The van der Waals surface area contributed by atoms with E-state index in [1.54, 1.807) is 4.90 Å². The van der Waals surface area contributed by atoms with Crippen molar-refractivity contribution in [2.45, 2.75) is 27.3 Å². The molecule has 4 aromatic rings. The molecule has 0 fully saturated rings. The summed E-state index contributed by atoms with van der Waals surface area (Å²) in [5.41, 5.74) is 3.55. The van der Waals surface area contributed by atoms with E-state index in [-0.39, 0.29) is 19.3 Å². The molecular formula is C26H25N3O5S. The maximum Gasteiger partial charge on any atom is 0.351 e. The Morgan fingerprint density at radius 3 is 2.69 bits per heavy atom. The fourth-order valence-corrected chi connectivity index (χ4v) is 5.40. The van der Waals surface area contributed by atoms with Crippen LogP contribution in [0.25, 0.3) is 15.9 Å². The quantitative estimate of drug-likeness (QED) is 0.350. The highest BCUT2D eigenvalue weighted by atomic mass is 32.1. The molecule has 0 unspecified atom stereocenters. The lowest BCUT2D eigenvalue weighted by Gasteiger charge is -2.21. The largest absolute Gasteiger partial charge is 0.454 e. The standard InChI is InChI=1S/C26H25N3O5S/c1-4-28(13-18-7-8-19-20(12-18)34-15-33-19)21(30)14-32-26(31)24-23(29-9-5-6-10-29)22-16(2)11-17(3)27-25(22)35-24/h5-12H,4,13-15H2,1-3H3. The van der Waals surface area contributed by atoms with Crippen LogP contribution in [0.1, 0.15) is 33.4 Å². The molecule has 8 nitrogen and oxygen atoms in total. The number of carbonyl (C=O) groups is 2. The van der Waals surface area contributed by atoms with Crippen molar-refractivity contribution in [1.82, 2.24) is 14.5 Å². The molecule has 3 aromatic heterocycles. The zero-order valence-corrected chi connectivity index (χ0v) is 20.6. The second-order valence-electron chi connectivity index (χ2n) is 8.30. The number of pyridine rings is 1. The van der Waals surface area contributed by atoms with Crippen LogP contribution in [0.3, 0.4) is 0 Å². The molecule has 0 aliphatic carbocycles. The van der Waals surface area contributed by atoms with E-state index in [0.717, 1.165) is 32.7 Å². The van der Waals surface area contributed by atoms with Crippen molar-refractivity contribution in [3.8, 4) is 17.2 Å². The van der Waals surface area contributed by atoms with Gasteiger partial charge in [0.25, 0.3) is 5.91 Å². The van der Waals surface area contributed by atoms with Gasteiger partial charge in [0, 0.05) is 36.6 Å². The Bertz CT molecular complexity index is 1410. The van der Waals surface area contributed by atoms with E-state index in [1.807, 2.05) is 74.1 Å². The summed E-state index contributed by atoms with van der Waals surface area (Å²) in [5.74, 6) is 0.547. The smallest absolute Gasteiger partial charge is 0.351 e. The van der Waals surface area contributed by atoms with Gasteiger partial charge >= 0.3 is 5.97 Å². The number of thiophene rings is 1. The average Bonchev–Trinajstić information content (AvgIpc) is 3.59. The second kappa shape index (κ2) is 9.42. The Labute approximate surface area is 206 Å². The number of hydrogen-bond acceptors (Lipinski definition) is 7. The van der Waals surface area contributed by atoms with Crippen molar-refractivity contribution in [3.63, 3.8) is 0 Å². The molecule has 0 saturated carbocycles. The highest BCUT2D eigenvalue weighted by Crippen LogP contribution is 2.36. The maximum atomic E-state index is 13.2. The van der Waals surface area contributed by atoms with Crippen molar-refractivity contribution in [2.75, 3.05) is 19.9 Å². The van der Waals surface area contributed by atoms with Crippen LogP contribution in [0.4, 0.5) is 0 Å². The number of nitrogens with zero attached hydrogens (tertiary/aromatic N) is 3. The second-order valence-corrected chi connectivity index (χ2v) is 9.30. The number of rotatable bonds is 7. The van der Waals surface area contributed by atoms with Gasteiger partial charge in [-0.05, 0) is 62.2 Å². The summed E-state index contributed by atoms with van der Waals surface area (Å²) in [6.45, 7) is 6.53. The van der Waals surface area contributed by atoms with E-state index in [4.69, 9.17) is 14.2 Å². The van der Waals surface area contributed by atoms with Crippen molar-refractivity contribution in [1.29, 1.82) is 0 Å². The molecule has 4 heterocycles. The first-order valence-electron chi connectivity index (χ1n) is 11.3. The Morgan fingerprint density at radius 1 is 1.14 bits per heavy atom. The molecule has 0 saturated heterocycles. The van der Waals surface area contributed by atoms with Gasteiger partial charge in [0.05, 0.1) is 5.69 Å². The number of amides is 1. The summed E-state index contributed by atoms with van der Waals surface area (Å²) in [7, 11) is 0. The zero-order chi connectivity index (χ0) is 24.5. The highest BCUT2D eigenvalue weighted by Gasteiger charge is 2.25. The minimum absolute atomic E-state index is 0.197. The lowest BCUT2D eigenvalue weighted by atomic mass is 10.1. The minimum atomic E-state index is -0.541. The lowest BCUT2D eigenvalue weighted by Crippen LogP contribution is -2.34. The van der Waals surface area contributed by atoms with Gasteiger partial charge in [-0.2, -0.15) is 0 Å². The van der Waals surface area contributed by atoms with Gasteiger partial charge < -0.3 is 23.7 Å². The predicted octanol–water partition coefficient (Wildman–Crippen LogP) is 4.64. The van der Waals surface area contributed by atoms with Crippen molar-refractivity contribution >= 4 is 33.4 Å². The number of fused-ring (bicyclic) bond motifs is 2. The molecule has 0 radical (unpaired) electrons. The van der Waals surface area contributed by atoms with Crippen LogP contribution in [0, 0.1) is 13.8 Å². The summed E-state index contributed by atoms with van der Waals surface area (Å²) in [5, 5.41) is 0.910. The number of likely N-dealkylation sites (N-methyl/N-ethyl adjacent to an activating group) is 1. The van der Waals surface area contributed by atoms with Gasteiger partial charge in [-0.15, -0.1) is 11.3 Å². The fraction of sp³-hybridized carbons (Fsp3) is 0.269. The van der Waals surface area contributed by atoms with Crippen molar-refractivity contribution < 1.29 is 23.8 Å². The summed E-state index contributed by atoms with van der Waals surface area (Å²) < 4.78 is 18.2. The molecule has 1 amide bonds. The Balaban J connectivity index is 1.34. The third-order valence-electron chi connectivity index (χ3n) is 5.88. The van der Waals surface area contributed by atoms with Gasteiger partial charge in [-0.3, -0.25) is 4.79 Å². The lowest BCUT2D eigenvalue weighted by molar-refractivity contribution is -0.134. The van der Waals surface area contributed by atoms with Gasteiger partial charge in [0.15, 0.2) is 18.1 Å². The first-order valence-corrected chi connectivity index (χ1v) is 12.1. The molecule has 5 rings (SSSR count). The summed E-state index contributed by atoms with van der Waals surface area (Å²) >= 11 is 1.28. The van der Waals surface area contributed by atoms with Crippen LogP contribution in [-0.2, 0) is 16.1 Å². The Kier molecular flexibility index (Phi) is 6.17. The van der Waals surface area contributed by atoms with Crippen molar-refractivity contribution in [2.24, 2.45) is 0 Å². The van der Waals surface area contributed by atoms with E-state index in [9.17, 15) is 9.59 Å². The molecule has 1 aromatic carbocycles. The molecule has 9 heteroatoms. The minimum Gasteiger partial charge on any atom is -0.454 e. The number of aryl methyl sites for hydroxylation is 2. The van der Waals surface area contributed by atoms with E-state index >= 15 is 0 Å². The molecule has 1 aliphatic rings. The molecule has 0 N–H and O–H groups in total. The number of benzene rings is 1. The van der Waals surface area contributed by atoms with Gasteiger partial charge in [-0.25, -0.2) is 9.78 Å². The number of ether oxygens (including phenoxy) is 3. The third kappa shape index (κ3) is 4.46. The summed E-state index contributed by atoms with van der Waals surface area (Å²) in [4.78, 5) is 33.5.